The van der Waals surface area contributed by atoms with Gasteiger partial charge in [0.15, 0.2) is 11.5 Å². The Bertz CT molecular complexity index is 694. The van der Waals surface area contributed by atoms with Crippen molar-refractivity contribution in [2.45, 2.75) is 64.1 Å². The quantitative estimate of drug-likeness (QED) is 0.685. The second-order valence-corrected chi connectivity index (χ2v) is 7.29. The van der Waals surface area contributed by atoms with Gasteiger partial charge in [0, 0.05) is 18.2 Å². The van der Waals surface area contributed by atoms with Crippen LogP contribution in [0, 0.1) is 5.82 Å². The molecular weight excluding hydrogens is 341 g/mol. The van der Waals surface area contributed by atoms with Crippen LogP contribution in [-0.2, 0) is 13.2 Å². The second kappa shape index (κ2) is 10.3. The molecule has 1 saturated carbocycles. The molecule has 0 radical (unpaired) electrons. The number of methoxy groups -OCH3 is 1. The van der Waals surface area contributed by atoms with Gasteiger partial charge in [-0.3, -0.25) is 0 Å². The highest BCUT2D eigenvalue weighted by atomic mass is 19.1. The fourth-order valence-corrected chi connectivity index (χ4v) is 3.68. The van der Waals surface area contributed by atoms with Gasteiger partial charge in [0.25, 0.3) is 0 Å². The SMILES string of the molecule is COc1cccc(CNC2CCCCCCC2)c1OCc1ccc(F)cc1. The van der Waals surface area contributed by atoms with Crippen LogP contribution in [0.4, 0.5) is 4.39 Å². The highest BCUT2D eigenvalue weighted by Crippen LogP contribution is 2.32. The molecule has 2 aromatic rings. The topological polar surface area (TPSA) is 30.5 Å². The lowest BCUT2D eigenvalue weighted by molar-refractivity contribution is 0.279. The van der Waals surface area contributed by atoms with Gasteiger partial charge in [-0.05, 0) is 36.6 Å². The van der Waals surface area contributed by atoms with E-state index in [1.165, 1.54) is 57.1 Å². The van der Waals surface area contributed by atoms with E-state index in [1.807, 2.05) is 12.1 Å². The number of hydrogen-bond acceptors (Lipinski definition) is 3. The van der Waals surface area contributed by atoms with Crippen LogP contribution in [-0.4, -0.2) is 13.2 Å². The average Bonchev–Trinajstić information content (AvgIpc) is 2.67. The zero-order chi connectivity index (χ0) is 18.9. The zero-order valence-electron chi connectivity index (χ0n) is 16.2. The van der Waals surface area contributed by atoms with Gasteiger partial charge in [0.2, 0.25) is 0 Å². The van der Waals surface area contributed by atoms with Crippen LogP contribution in [0.15, 0.2) is 42.5 Å². The predicted octanol–water partition coefficient (Wildman–Crippen LogP) is 5.62. The molecule has 1 N–H and O–H groups in total. The first-order chi connectivity index (χ1) is 13.3. The fraction of sp³-hybridized carbons (Fsp3) is 0.478. The van der Waals surface area contributed by atoms with E-state index in [2.05, 4.69) is 11.4 Å². The van der Waals surface area contributed by atoms with Gasteiger partial charge in [-0.25, -0.2) is 4.39 Å². The molecule has 0 atom stereocenters. The summed E-state index contributed by atoms with van der Waals surface area (Å²) in [5.41, 5.74) is 2.03. The third-order valence-corrected chi connectivity index (χ3v) is 5.26. The summed E-state index contributed by atoms with van der Waals surface area (Å²) in [6, 6.07) is 13.0. The Balaban J connectivity index is 1.65. The minimum atomic E-state index is -0.236. The minimum absolute atomic E-state index is 0.236. The number of para-hydroxylation sites is 1. The summed E-state index contributed by atoms with van der Waals surface area (Å²) in [7, 11) is 1.66. The molecule has 0 amide bonds. The summed E-state index contributed by atoms with van der Waals surface area (Å²) in [6.07, 6.45) is 9.19. The number of benzene rings is 2. The maximum absolute atomic E-state index is 13.1. The van der Waals surface area contributed by atoms with Crippen LogP contribution in [0.25, 0.3) is 0 Å². The molecule has 0 saturated heterocycles. The Morgan fingerprint density at radius 1 is 0.963 bits per heavy atom. The van der Waals surface area contributed by atoms with E-state index < -0.39 is 0 Å². The van der Waals surface area contributed by atoms with Crippen molar-refractivity contribution >= 4 is 0 Å². The summed E-state index contributed by atoms with van der Waals surface area (Å²) in [6.45, 7) is 1.15. The van der Waals surface area contributed by atoms with Gasteiger partial charge < -0.3 is 14.8 Å². The molecule has 1 aliphatic carbocycles. The van der Waals surface area contributed by atoms with Gasteiger partial charge >= 0.3 is 0 Å². The first-order valence-electron chi connectivity index (χ1n) is 10.0. The molecule has 146 valence electrons. The maximum Gasteiger partial charge on any atom is 0.166 e. The molecule has 3 nitrogen and oxygen atoms in total. The molecule has 0 heterocycles. The number of halogens is 1. The van der Waals surface area contributed by atoms with Crippen LogP contribution in [0.1, 0.15) is 56.1 Å². The molecule has 0 bridgehead atoms. The lowest BCUT2D eigenvalue weighted by Crippen LogP contribution is -2.29. The highest BCUT2D eigenvalue weighted by molar-refractivity contribution is 5.46. The van der Waals surface area contributed by atoms with Crippen LogP contribution < -0.4 is 14.8 Å². The molecule has 1 fully saturated rings. The fourth-order valence-electron chi connectivity index (χ4n) is 3.68. The Hall–Kier alpha value is -2.07. The maximum atomic E-state index is 13.1. The van der Waals surface area contributed by atoms with Crippen LogP contribution in [0.3, 0.4) is 0 Å². The largest absolute Gasteiger partial charge is 0.493 e. The number of nitrogens with one attached hydrogen (secondary N) is 1. The van der Waals surface area contributed by atoms with Crippen molar-refractivity contribution in [3.8, 4) is 11.5 Å². The lowest BCUT2D eigenvalue weighted by Gasteiger charge is -2.22. The van der Waals surface area contributed by atoms with Gasteiger partial charge in [-0.2, -0.15) is 0 Å². The summed E-state index contributed by atoms with van der Waals surface area (Å²) in [5, 5.41) is 3.72. The predicted molar refractivity (Wildman–Crippen MR) is 107 cm³/mol. The van der Waals surface area contributed by atoms with E-state index in [9.17, 15) is 4.39 Å². The average molecular weight is 371 g/mol. The first kappa shape index (κ1) is 19.7. The molecule has 3 rings (SSSR count). The molecule has 2 aromatic carbocycles. The number of rotatable bonds is 7. The van der Waals surface area contributed by atoms with E-state index in [4.69, 9.17) is 9.47 Å². The molecule has 0 aromatic heterocycles. The molecule has 4 heteroatoms. The number of hydrogen-bond donors (Lipinski definition) is 1. The van der Waals surface area contributed by atoms with Crippen molar-refractivity contribution in [1.29, 1.82) is 0 Å². The van der Waals surface area contributed by atoms with E-state index in [0.717, 1.165) is 29.2 Å². The van der Waals surface area contributed by atoms with E-state index in [1.54, 1.807) is 19.2 Å². The standard InChI is InChI=1S/C23H30FNO2/c1-26-22-11-7-8-19(16-25-21-9-5-3-2-4-6-10-21)23(22)27-17-18-12-14-20(24)15-13-18/h7-8,11-15,21,25H,2-6,9-10,16-17H2,1H3. The van der Waals surface area contributed by atoms with Crippen molar-refractivity contribution in [2.24, 2.45) is 0 Å². The van der Waals surface area contributed by atoms with E-state index in [-0.39, 0.29) is 5.82 Å². The van der Waals surface area contributed by atoms with Crippen molar-refractivity contribution < 1.29 is 13.9 Å². The van der Waals surface area contributed by atoms with Crippen molar-refractivity contribution in [3.63, 3.8) is 0 Å². The third kappa shape index (κ3) is 5.96. The minimum Gasteiger partial charge on any atom is -0.493 e. The summed E-state index contributed by atoms with van der Waals surface area (Å²) in [5.74, 6) is 1.26. The zero-order valence-corrected chi connectivity index (χ0v) is 16.2. The number of ether oxygens (including phenoxy) is 2. The summed E-state index contributed by atoms with van der Waals surface area (Å²) < 4.78 is 24.7. The summed E-state index contributed by atoms with van der Waals surface area (Å²) >= 11 is 0. The monoisotopic (exact) mass is 371 g/mol. The van der Waals surface area contributed by atoms with Crippen LogP contribution >= 0.6 is 0 Å². The van der Waals surface area contributed by atoms with Crippen molar-refractivity contribution in [1.82, 2.24) is 5.32 Å². The normalized spacial score (nSPS) is 15.8. The highest BCUT2D eigenvalue weighted by Gasteiger charge is 2.14. The smallest absolute Gasteiger partial charge is 0.166 e. The van der Waals surface area contributed by atoms with Gasteiger partial charge in [-0.15, -0.1) is 0 Å². The van der Waals surface area contributed by atoms with Gasteiger partial charge in [0.05, 0.1) is 7.11 Å². The second-order valence-electron chi connectivity index (χ2n) is 7.29. The molecule has 0 spiro atoms. The lowest BCUT2D eigenvalue weighted by atomic mass is 9.96. The van der Waals surface area contributed by atoms with Crippen molar-refractivity contribution in [2.75, 3.05) is 7.11 Å². The first-order valence-corrected chi connectivity index (χ1v) is 10.0. The molecule has 0 aliphatic heterocycles. The van der Waals surface area contributed by atoms with Gasteiger partial charge in [0.1, 0.15) is 12.4 Å². The molecule has 1 aliphatic rings. The van der Waals surface area contributed by atoms with E-state index in [0.29, 0.717) is 12.6 Å². The van der Waals surface area contributed by atoms with Crippen LogP contribution in [0.5, 0.6) is 11.5 Å². The molecular formula is C23H30FNO2. The Morgan fingerprint density at radius 2 is 1.67 bits per heavy atom. The Labute approximate surface area is 161 Å². The third-order valence-electron chi connectivity index (χ3n) is 5.26. The van der Waals surface area contributed by atoms with E-state index >= 15 is 0 Å². The van der Waals surface area contributed by atoms with Crippen LogP contribution in [0.2, 0.25) is 0 Å². The summed E-state index contributed by atoms with van der Waals surface area (Å²) in [4.78, 5) is 0. The van der Waals surface area contributed by atoms with Crippen molar-refractivity contribution in [3.05, 3.63) is 59.4 Å². The Kier molecular flexibility index (Phi) is 7.52. The molecule has 27 heavy (non-hydrogen) atoms. The molecule has 0 unspecified atom stereocenters. The Morgan fingerprint density at radius 3 is 2.37 bits per heavy atom. The van der Waals surface area contributed by atoms with Gasteiger partial charge in [-0.1, -0.05) is 56.4 Å².